The number of rotatable bonds is 4. The summed E-state index contributed by atoms with van der Waals surface area (Å²) in [7, 11) is 0. The standard InChI is InChI=1S/C31H23FN2O5/c1-18-23(32)6-4-7-24(18)33-29(35)20-11-9-19(10-12-20)15-34-25-8-3-2-5-21(25)31(30(34)36)16-37-26-14-28-27(13-22(26)31)38-17-39-28/h2-14H,15-17H2,1H3,(H,33,35). The molecule has 4 aromatic rings. The molecular weight excluding hydrogens is 499 g/mol. The first-order valence-corrected chi connectivity index (χ1v) is 12.6. The van der Waals surface area contributed by atoms with Gasteiger partial charge in [-0.05, 0) is 54.4 Å². The van der Waals surface area contributed by atoms with Crippen molar-refractivity contribution in [3.63, 3.8) is 0 Å². The van der Waals surface area contributed by atoms with E-state index < -0.39 is 5.41 Å². The van der Waals surface area contributed by atoms with Gasteiger partial charge in [-0.3, -0.25) is 9.59 Å². The number of para-hydroxylation sites is 1. The van der Waals surface area contributed by atoms with Crippen molar-refractivity contribution >= 4 is 23.2 Å². The third kappa shape index (κ3) is 3.48. The lowest BCUT2D eigenvalue weighted by atomic mass is 9.77. The van der Waals surface area contributed by atoms with Crippen LogP contribution in [0.4, 0.5) is 15.8 Å². The number of carbonyl (C=O) groups excluding carboxylic acids is 2. The zero-order valence-electron chi connectivity index (χ0n) is 21.0. The van der Waals surface area contributed by atoms with Crippen molar-refractivity contribution in [1.82, 2.24) is 0 Å². The van der Waals surface area contributed by atoms with Crippen LogP contribution in [0.5, 0.6) is 17.2 Å². The predicted octanol–water partition coefficient (Wildman–Crippen LogP) is 5.34. The molecule has 4 aromatic carbocycles. The summed E-state index contributed by atoms with van der Waals surface area (Å²) in [6, 6.07) is 23.0. The molecule has 0 radical (unpaired) electrons. The number of nitrogens with one attached hydrogen (secondary N) is 1. The van der Waals surface area contributed by atoms with Gasteiger partial charge in [0.05, 0.1) is 6.54 Å². The molecule has 1 unspecified atom stereocenters. The maximum absolute atomic E-state index is 14.2. The van der Waals surface area contributed by atoms with E-state index in [1.807, 2.05) is 42.5 Å². The molecule has 3 aliphatic rings. The topological polar surface area (TPSA) is 77.1 Å². The summed E-state index contributed by atoms with van der Waals surface area (Å²) in [6.07, 6.45) is 0. The molecule has 8 heteroatoms. The highest BCUT2D eigenvalue weighted by Crippen LogP contribution is 2.55. The van der Waals surface area contributed by atoms with Gasteiger partial charge in [0, 0.05) is 34.1 Å². The summed E-state index contributed by atoms with van der Waals surface area (Å²) in [4.78, 5) is 28.7. The number of ether oxygens (including phenoxy) is 3. The number of halogens is 1. The van der Waals surface area contributed by atoms with Gasteiger partial charge in [0.2, 0.25) is 12.7 Å². The van der Waals surface area contributed by atoms with Gasteiger partial charge < -0.3 is 24.4 Å². The Morgan fingerprint density at radius 2 is 1.69 bits per heavy atom. The van der Waals surface area contributed by atoms with E-state index >= 15 is 0 Å². The fourth-order valence-corrected chi connectivity index (χ4v) is 5.60. The summed E-state index contributed by atoms with van der Waals surface area (Å²) in [5.41, 5.74) is 3.59. The average Bonchev–Trinajstić information content (AvgIpc) is 3.63. The summed E-state index contributed by atoms with van der Waals surface area (Å²) >= 11 is 0. The number of hydrogen-bond donors (Lipinski definition) is 1. The first kappa shape index (κ1) is 23.3. The molecule has 2 amide bonds. The Morgan fingerprint density at radius 3 is 2.51 bits per heavy atom. The fourth-order valence-electron chi connectivity index (χ4n) is 5.60. The van der Waals surface area contributed by atoms with E-state index in [0.29, 0.717) is 40.6 Å². The first-order valence-electron chi connectivity index (χ1n) is 12.6. The third-order valence-electron chi connectivity index (χ3n) is 7.72. The highest BCUT2D eigenvalue weighted by Gasteiger charge is 2.57. The van der Waals surface area contributed by atoms with Gasteiger partial charge in [0.25, 0.3) is 5.91 Å². The molecule has 1 atom stereocenters. The van der Waals surface area contributed by atoms with E-state index in [-0.39, 0.29) is 31.0 Å². The molecule has 0 saturated heterocycles. The molecule has 3 heterocycles. The molecule has 0 bridgehead atoms. The Kier molecular flexibility index (Phi) is 5.13. The number of amides is 2. The van der Waals surface area contributed by atoms with Gasteiger partial charge >= 0.3 is 0 Å². The van der Waals surface area contributed by atoms with Crippen LogP contribution in [0.1, 0.15) is 32.6 Å². The summed E-state index contributed by atoms with van der Waals surface area (Å²) in [5, 5.41) is 2.76. The fraction of sp³-hybridized carbons (Fsp3) is 0.161. The summed E-state index contributed by atoms with van der Waals surface area (Å²) in [6.45, 7) is 2.27. The van der Waals surface area contributed by atoms with Gasteiger partial charge in [0.15, 0.2) is 11.5 Å². The van der Waals surface area contributed by atoms with E-state index in [1.165, 1.54) is 6.07 Å². The molecule has 1 N–H and O–H groups in total. The Labute approximate surface area is 223 Å². The third-order valence-corrected chi connectivity index (χ3v) is 7.72. The van der Waals surface area contributed by atoms with Crippen LogP contribution in [-0.2, 0) is 16.8 Å². The largest absolute Gasteiger partial charge is 0.491 e. The molecule has 39 heavy (non-hydrogen) atoms. The van der Waals surface area contributed by atoms with Crippen LogP contribution in [0, 0.1) is 12.7 Å². The molecule has 0 saturated carbocycles. The van der Waals surface area contributed by atoms with Crippen molar-refractivity contribution in [2.45, 2.75) is 18.9 Å². The van der Waals surface area contributed by atoms with Crippen LogP contribution in [-0.4, -0.2) is 25.2 Å². The predicted molar refractivity (Wildman–Crippen MR) is 142 cm³/mol. The van der Waals surface area contributed by atoms with Crippen LogP contribution in [0.25, 0.3) is 0 Å². The van der Waals surface area contributed by atoms with Crippen LogP contribution >= 0.6 is 0 Å². The van der Waals surface area contributed by atoms with E-state index in [9.17, 15) is 14.0 Å². The molecule has 0 aromatic heterocycles. The molecule has 0 aliphatic carbocycles. The van der Waals surface area contributed by atoms with Crippen molar-refractivity contribution in [1.29, 1.82) is 0 Å². The van der Waals surface area contributed by atoms with Crippen molar-refractivity contribution in [3.05, 3.63) is 112 Å². The van der Waals surface area contributed by atoms with Gasteiger partial charge in [0.1, 0.15) is 23.6 Å². The second-order valence-corrected chi connectivity index (χ2v) is 9.87. The van der Waals surface area contributed by atoms with E-state index in [0.717, 1.165) is 22.4 Å². The zero-order chi connectivity index (χ0) is 26.7. The van der Waals surface area contributed by atoms with Crippen LogP contribution in [0.3, 0.4) is 0 Å². The Bertz CT molecular complexity index is 1670. The Morgan fingerprint density at radius 1 is 0.923 bits per heavy atom. The van der Waals surface area contributed by atoms with Crippen LogP contribution in [0.15, 0.2) is 78.9 Å². The van der Waals surface area contributed by atoms with Crippen LogP contribution in [0.2, 0.25) is 0 Å². The highest BCUT2D eigenvalue weighted by atomic mass is 19.1. The number of benzene rings is 4. The van der Waals surface area contributed by atoms with Gasteiger partial charge in [-0.1, -0.05) is 36.4 Å². The van der Waals surface area contributed by atoms with Crippen molar-refractivity contribution in [2.24, 2.45) is 0 Å². The smallest absolute Gasteiger partial charge is 0.255 e. The number of anilines is 2. The SMILES string of the molecule is Cc1c(F)cccc1NC(=O)c1ccc(CN2C(=O)C3(COc4cc5c(cc43)OCO5)c3ccccc32)cc1. The minimum Gasteiger partial charge on any atom is -0.491 e. The lowest BCUT2D eigenvalue weighted by Gasteiger charge is -2.23. The number of carbonyl (C=O) groups is 2. The van der Waals surface area contributed by atoms with E-state index in [1.54, 1.807) is 42.2 Å². The molecule has 7 rings (SSSR count). The highest BCUT2D eigenvalue weighted by molar-refractivity contribution is 6.11. The quantitative estimate of drug-likeness (QED) is 0.392. The van der Waals surface area contributed by atoms with E-state index in [2.05, 4.69) is 5.32 Å². The second kappa shape index (κ2) is 8.59. The van der Waals surface area contributed by atoms with E-state index in [4.69, 9.17) is 14.2 Å². The normalized spacial score (nSPS) is 18.2. The lowest BCUT2D eigenvalue weighted by Crippen LogP contribution is -2.42. The van der Waals surface area contributed by atoms with Gasteiger partial charge in [-0.15, -0.1) is 0 Å². The Hall–Kier alpha value is -4.85. The maximum atomic E-state index is 14.2. The molecule has 0 fully saturated rings. The maximum Gasteiger partial charge on any atom is 0.255 e. The molecule has 7 nitrogen and oxygen atoms in total. The number of hydrogen-bond acceptors (Lipinski definition) is 5. The minimum atomic E-state index is -0.977. The van der Waals surface area contributed by atoms with Gasteiger partial charge in [-0.2, -0.15) is 0 Å². The second-order valence-electron chi connectivity index (χ2n) is 9.87. The minimum absolute atomic E-state index is 0.0790. The molecule has 194 valence electrons. The molecule has 1 spiro atoms. The summed E-state index contributed by atoms with van der Waals surface area (Å²) < 4.78 is 31.0. The number of fused-ring (bicyclic) bond motifs is 5. The molecular formula is C31H23FN2O5. The lowest BCUT2D eigenvalue weighted by molar-refractivity contribution is -0.122. The number of nitrogens with zero attached hydrogens (tertiary/aromatic N) is 1. The summed E-state index contributed by atoms with van der Waals surface area (Å²) in [5.74, 6) is 1.04. The zero-order valence-corrected chi connectivity index (χ0v) is 21.0. The average molecular weight is 523 g/mol. The molecule has 3 aliphatic heterocycles. The van der Waals surface area contributed by atoms with Crippen LogP contribution < -0.4 is 24.4 Å². The van der Waals surface area contributed by atoms with Crippen molar-refractivity contribution in [3.8, 4) is 17.2 Å². The van der Waals surface area contributed by atoms with Gasteiger partial charge in [-0.25, -0.2) is 4.39 Å². The monoisotopic (exact) mass is 522 g/mol. The van der Waals surface area contributed by atoms with Crippen molar-refractivity contribution < 1.29 is 28.2 Å². The Balaban J connectivity index is 1.17. The first-order chi connectivity index (χ1) is 19.0. The van der Waals surface area contributed by atoms with Crippen molar-refractivity contribution in [2.75, 3.05) is 23.6 Å².